The van der Waals surface area contributed by atoms with E-state index in [1.165, 1.54) is 6.08 Å². The molecule has 27 heavy (non-hydrogen) atoms. The molecule has 0 aromatic heterocycles. The molecule has 132 valence electrons. The summed E-state index contributed by atoms with van der Waals surface area (Å²) in [6.45, 7) is 5.70. The number of nitrogens with zero attached hydrogens (tertiary/aromatic N) is 2. The van der Waals surface area contributed by atoms with Crippen molar-refractivity contribution in [2.45, 2.75) is 33.6 Å². The normalized spacial score (nSPS) is 31.0. The van der Waals surface area contributed by atoms with E-state index in [1.807, 2.05) is 32.9 Å². The second kappa shape index (κ2) is 6.13. The molecule has 3 aliphatic carbocycles. The lowest BCUT2D eigenvalue weighted by Gasteiger charge is -2.54. The van der Waals surface area contributed by atoms with Crippen molar-refractivity contribution >= 4 is 11.6 Å². The largest absolute Gasteiger partial charge is 0.293 e. The van der Waals surface area contributed by atoms with Gasteiger partial charge in [0.15, 0.2) is 11.6 Å². The van der Waals surface area contributed by atoms with Crippen LogP contribution in [0.2, 0.25) is 0 Å². The number of carbonyl (C=O) groups is 2. The Morgan fingerprint density at radius 1 is 1.15 bits per heavy atom. The maximum absolute atomic E-state index is 12.7. The molecule has 3 unspecified atom stereocenters. The van der Waals surface area contributed by atoms with Crippen molar-refractivity contribution in [3.8, 4) is 36.3 Å². The van der Waals surface area contributed by atoms with Crippen LogP contribution in [-0.4, -0.2) is 11.6 Å². The summed E-state index contributed by atoms with van der Waals surface area (Å²) in [4.78, 5) is 25.3. The van der Waals surface area contributed by atoms with E-state index < -0.39 is 16.6 Å². The van der Waals surface area contributed by atoms with Crippen molar-refractivity contribution in [1.82, 2.24) is 0 Å². The number of ketones is 2. The highest BCUT2D eigenvalue weighted by molar-refractivity contribution is 6.10. The van der Waals surface area contributed by atoms with Gasteiger partial charge in [-0.2, -0.15) is 10.5 Å². The summed E-state index contributed by atoms with van der Waals surface area (Å²) in [5.41, 5.74) is 0.0816. The third kappa shape index (κ3) is 2.46. The number of carbonyl (C=O) groups excluding carboxylic acids is 2. The molecule has 0 saturated heterocycles. The van der Waals surface area contributed by atoms with E-state index in [9.17, 15) is 20.1 Å². The molecule has 3 atom stereocenters. The maximum Gasteiger partial charge on any atom is 0.197 e. The fraction of sp³-hybridized carbons (Fsp3) is 0.391. The fourth-order valence-corrected chi connectivity index (χ4v) is 5.06. The molecule has 1 saturated carbocycles. The summed E-state index contributed by atoms with van der Waals surface area (Å²) < 4.78 is 0. The predicted octanol–water partition coefficient (Wildman–Crippen LogP) is 3.04. The van der Waals surface area contributed by atoms with Gasteiger partial charge in [-0.05, 0) is 42.2 Å². The molecule has 4 heteroatoms. The van der Waals surface area contributed by atoms with Gasteiger partial charge >= 0.3 is 0 Å². The zero-order valence-corrected chi connectivity index (χ0v) is 15.5. The minimum atomic E-state index is -0.715. The molecule has 1 fully saturated rings. The number of nitriles is 2. The average Bonchev–Trinajstić information content (AvgIpc) is 2.63. The van der Waals surface area contributed by atoms with E-state index in [4.69, 9.17) is 6.42 Å². The summed E-state index contributed by atoms with van der Waals surface area (Å²) in [5.74, 6) is 6.79. The Hall–Kier alpha value is -3.34. The summed E-state index contributed by atoms with van der Waals surface area (Å²) in [5, 5.41) is 18.9. The fourth-order valence-electron chi connectivity index (χ4n) is 5.06. The summed E-state index contributed by atoms with van der Waals surface area (Å²) in [6, 6.07) is 3.99. The summed E-state index contributed by atoms with van der Waals surface area (Å²) in [7, 11) is 0. The van der Waals surface area contributed by atoms with Crippen molar-refractivity contribution in [1.29, 1.82) is 10.5 Å². The second-order valence-electron chi connectivity index (χ2n) is 7.94. The van der Waals surface area contributed by atoms with Crippen LogP contribution in [-0.2, 0) is 9.59 Å². The lowest BCUT2D eigenvalue weighted by molar-refractivity contribution is -0.129. The van der Waals surface area contributed by atoms with Crippen LogP contribution in [0.25, 0.3) is 0 Å². The standard InChI is InChI=1S/C23H18N2O2/c1-5-6-7-15-16-8-9-20-22(2,3)21(27)14(12-24)11-23(20,4)18(16)10-19(26)17(15)13-25/h1,10-11,16,20H,8-9H2,2-4H3. The predicted molar refractivity (Wildman–Crippen MR) is 99.1 cm³/mol. The zero-order chi connectivity index (χ0) is 20.0. The van der Waals surface area contributed by atoms with Crippen LogP contribution in [0.3, 0.4) is 0 Å². The Balaban J connectivity index is 2.25. The molecule has 4 nitrogen and oxygen atoms in total. The van der Waals surface area contributed by atoms with Crippen LogP contribution >= 0.6 is 0 Å². The van der Waals surface area contributed by atoms with Crippen LogP contribution in [0.5, 0.6) is 0 Å². The van der Waals surface area contributed by atoms with Gasteiger partial charge in [0.05, 0.1) is 5.57 Å². The minimum absolute atomic E-state index is 0.0317. The SMILES string of the molecule is C#CC#CC1=C(C#N)C(=O)C=C2C1CCC1C(C)(C)C(=O)C(C#N)=CC21C. The van der Waals surface area contributed by atoms with E-state index in [1.54, 1.807) is 6.08 Å². The molecule has 3 rings (SSSR count). The van der Waals surface area contributed by atoms with Crippen LogP contribution in [0.4, 0.5) is 0 Å². The minimum Gasteiger partial charge on any atom is -0.293 e. The van der Waals surface area contributed by atoms with Gasteiger partial charge in [0.2, 0.25) is 0 Å². The number of hydrogen-bond acceptors (Lipinski definition) is 4. The van der Waals surface area contributed by atoms with Gasteiger partial charge in [-0.25, -0.2) is 0 Å². The number of Topliss-reactive ketones (excluding diaryl/α,β-unsaturated/α-hetero) is 1. The van der Waals surface area contributed by atoms with Crippen LogP contribution < -0.4 is 0 Å². The van der Waals surface area contributed by atoms with Crippen molar-refractivity contribution < 1.29 is 9.59 Å². The third-order valence-corrected chi connectivity index (χ3v) is 6.26. The van der Waals surface area contributed by atoms with Gasteiger partial charge in [0.25, 0.3) is 0 Å². The Kier molecular flexibility index (Phi) is 4.19. The molecular formula is C23H18N2O2. The lowest BCUT2D eigenvalue weighted by atomic mass is 9.48. The van der Waals surface area contributed by atoms with Crippen LogP contribution in [0, 0.1) is 69.5 Å². The molecule has 0 aromatic rings. The molecule has 0 N–H and O–H groups in total. The molecule has 3 aliphatic rings. The summed E-state index contributed by atoms with van der Waals surface area (Å²) >= 11 is 0. The molecule has 0 radical (unpaired) electrons. The van der Waals surface area contributed by atoms with Gasteiger partial charge in [-0.3, -0.25) is 9.59 Å². The van der Waals surface area contributed by atoms with Crippen molar-refractivity contribution in [3.63, 3.8) is 0 Å². The number of rotatable bonds is 0. The third-order valence-electron chi connectivity index (χ3n) is 6.26. The lowest BCUT2D eigenvalue weighted by Crippen LogP contribution is -2.51. The van der Waals surface area contributed by atoms with E-state index in [0.29, 0.717) is 12.0 Å². The molecule has 0 amide bonds. The Morgan fingerprint density at radius 2 is 1.85 bits per heavy atom. The molecule has 0 aromatic carbocycles. The zero-order valence-electron chi connectivity index (χ0n) is 15.5. The van der Waals surface area contributed by atoms with E-state index in [0.717, 1.165) is 12.0 Å². The quantitative estimate of drug-likeness (QED) is 0.626. The monoisotopic (exact) mass is 354 g/mol. The first-order valence-corrected chi connectivity index (χ1v) is 8.77. The molecule has 0 aliphatic heterocycles. The van der Waals surface area contributed by atoms with Gasteiger partial charge in [-0.1, -0.05) is 32.8 Å². The number of hydrogen-bond donors (Lipinski definition) is 0. The van der Waals surface area contributed by atoms with Gasteiger partial charge < -0.3 is 0 Å². The Bertz CT molecular complexity index is 1050. The first-order valence-electron chi connectivity index (χ1n) is 8.77. The number of terminal acetylenes is 1. The topological polar surface area (TPSA) is 81.7 Å². The van der Waals surface area contributed by atoms with E-state index in [-0.39, 0.29) is 28.8 Å². The highest BCUT2D eigenvalue weighted by Gasteiger charge is 2.56. The van der Waals surface area contributed by atoms with Crippen molar-refractivity contribution in [2.75, 3.05) is 0 Å². The molecule has 0 bridgehead atoms. The first-order chi connectivity index (χ1) is 12.7. The highest BCUT2D eigenvalue weighted by atomic mass is 16.1. The van der Waals surface area contributed by atoms with Crippen molar-refractivity contribution in [3.05, 3.63) is 34.4 Å². The highest BCUT2D eigenvalue weighted by Crippen LogP contribution is 2.60. The molecular weight excluding hydrogens is 336 g/mol. The molecule has 0 spiro atoms. The number of fused-ring (bicyclic) bond motifs is 3. The van der Waals surface area contributed by atoms with Crippen molar-refractivity contribution in [2.24, 2.45) is 22.7 Å². The van der Waals surface area contributed by atoms with E-state index >= 15 is 0 Å². The number of allylic oxidation sites excluding steroid dienone is 6. The average molecular weight is 354 g/mol. The first kappa shape index (κ1) is 18.5. The second-order valence-corrected chi connectivity index (χ2v) is 7.94. The maximum atomic E-state index is 12.7. The van der Waals surface area contributed by atoms with Gasteiger partial charge in [-0.15, -0.1) is 6.42 Å². The van der Waals surface area contributed by atoms with Gasteiger partial charge in [0.1, 0.15) is 17.7 Å². The van der Waals surface area contributed by atoms with Crippen LogP contribution in [0.15, 0.2) is 34.4 Å². The Morgan fingerprint density at radius 3 is 2.44 bits per heavy atom. The summed E-state index contributed by atoms with van der Waals surface area (Å²) in [6.07, 6.45) is 9.85. The Labute approximate surface area is 159 Å². The molecule has 0 heterocycles. The smallest absolute Gasteiger partial charge is 0.197 e. The van der Waals surface area contributed by atoms with Crippen LogP contribution in [0.1, 0.15) is 33.6 Å². The van der Waals surface area contributed by atoms with E-state index in [2.05, 4.69) is 17.8 Å². The van der Waals surface area contributed by atoms with Gasteiger partial charge in [0, 0.05) is 22.3 Å².